The highest BCUT2D eigenvalue weighted by Gasteiger charge is 2.19. The summed E-state index contributed by atoms with van der Waals surface area (Å²) in [4.78, 5) is 28.7. The molecule has 34 heavy (non-hydrogen) atoms. The molecule has 0 atom stereocenters. The van der Waals surface area contributed by atoms with Crippen LogP contribution in [0.15, 0.2) is 57.7 Å². The van der Waals surface area contributed by atoms with Gasteiger partial charge in [0.05, 0.1) is 26.8 Å². The molecule has 1 N–H and O–H groups in total. The van der Waals surface area contributed by atoms with Crippen LogP contribution in [-0.4, -0.2) is 45.8 Å². The Balaban J connectivity index is 1.46. The minimum atomic E-state index is -0.413. The van der Waals surface area contributed by atoms with Crippen LogP contribution in [0.5, 0.6) is 0 Å². The third-order valence-electron chi connectivity index (χ3n) is 5.55. The number of carbonyl (C=O) groups is 1. The molecular formula is C24H22ClN5O3S. The first-order valence-electron chi connectivity index (χ1n) is 10.7. The van der Waals surface area contributed by atoms with E-state index in [1.54, 1.807) is 27.4 Å². The molecule has 5 rings (SSSR count). The average Bonchev–Trinajstić information content (AvgIpc) is 3.45. The molecule has 174 valence electrons. The molecule has 0 bridgehead atoms. The minimum absolute atomic E-state index is 0.239. The Morgan fingerprint density at radius 1 is 1.21 bits per heavy atom. The Morgan fingerprint density at radius 2 is 2.00 bits per heavy atom. The van der Waals surface area contributed by atoms with Crippen LogP contribution in [0.3, 0.4) is 0 Å². The standard InChI is InChI=1S/C24H22ClN5O3S/c1-14-16-13-21(34-23(16)30(27-14)18-7-5-4-6-17(18)25)22(31)26-15-8-9-20-19(12-15)29(24(32)33-20)11-10-28(2)3/h4-9,12-13H,10-11H2,1-3H3,(H,26,31). The molecule has 3 heterocycles. The monoisotopic (exact) mass is 495 g/mol. The van der Waals surface area contributed by atoms with Crippen LogP contribution in [0, 0.1) is 6.92 Å². The van der Waals surface area contributed by atoms with Crippen molar-refractivity contribution in [3.63, 3.8) is 0 Å². The summed E-state index contributed by atoms with van der Waals surface area (Å²) in [5.74, 6) is -0.652. The van der Waals surface area contributed by atoms with Crippen LogP contribution >= 0.6 is 22.9 Å². The molecule has 1 amide bonds. The largest absolute Gasteiger partial charge is 0.419 e. The molecule has 0 unspecified atom stereocenters. The van der Waals surface area contributed by atoms with Crippen LogP contribution in [0.25, 0.3) is 27.0 Å². The fourth-order valence-corrected chi connectivity index (χ4v) is 5.08. The van der Waals surface area contributed by atoms with Crippen molar-refractivity contribution >= 4 is 55.8 Å². The first-order chi connectivity index (χ1) is 16.3. The van der Waals surface area contributed by atoms with E-state index in [1.807, 2.05) is 56.3 Å². The van der Waals surface area contributed by atoms with Crippen molar-refractivity contribution in [2.75, 3.05) is 26.0 Å². The average molecular weight is 496 g/mol. The Kier molecular flexibility index (Phi) is 5.76. The number of thiophene rings is 1. The highest BCUT2D eigenvalue weighted by atomic mass is 35.5. The van der Waals surface area contributed by atoms with Gasteiger partial charge in [-0.1, -0.05) is 23.7 Å². The molecule has 8 nitrogen and oxygen atoms in total. The van der Waals surface area contributed by atoms with E-state index in [0.29, 0.717) is 39.8 Å². The van der Waals surface area contributed by atoms with Crippen LogP contribution in [-0.2, 0) is 6.54 Å². The number of nitrogens with one attached hydrogen (secondary N) is 1. The summed E-state index contributed by atoms with van der Waals surface area (Å²) in [5.41, 5.74) is 3.29. The molecule has 0 saturated heterocycles. The molecule has 0 fully saturated rings. The molecule has 5 aromatic rings. The molecule has 3 aromatic heterocycles. The first-order valence-corrected chi connectivity index (χ1v) is 11.8. The summed E-state index contributed by atoms with van der Waals surface area (Å²) in [6, 6.07) is 14.5. The van der Waals surface area contributed by atoms with Gasteiger partial charge >= 0.3 is 5.76 Å². The lowest BCUT2D eigenvalue weighted by Crippen LogP contribution is -2.23. The van der Waals surface area contributed by atoms with Gasteiger partial charge in [-0.05, 0) is 57.4 Å². The maximum atomic E-state index is 13.1. The molecule has 0 aliphatic rings. The second-order valence-corrected chi connectivity index (χ2v) is 9.68. The van der Waals surface area contributed by atoms with Gasteiger partial charge in [-0.3, -0.25) is 9.36 Å². The number of aromatic nitrogens is 3. The van der Waals surface area contributed by atoms with Crippen LogP contribution in [0.1, 0.15) is 15.4 Å². The summed E-state index contributed by atoms with van der Waals surface area (Å²) < 4.78 is 8.69. The predicted molar refractivity (Wildman–Crippen MR) is 136 cm³/mol. The van der Waals surface area contributed by atoms with E-state index < -0.39 is 5.76 Å². The van der Waals surface area contributed by atoms with E-state index in [2.05, 4.69) is 10.4 Å². The number of fused-ring (bicyclic) bond motifs is 2. The summed E-state index contributed by atoms with van der Waals surface area (Å²) in [6.07, 6.45) is 0. The number of rotatable bonds is 6. The van der Waals surface area contributed by atoms with Gasteiger partial charge in [0.1, 0.15) is 4.83 Å². The molecule has 10 heteroatoms. The third-order valence-corrected chi connectivity index (χ3v) is 6.97. The highest BCUT2D eigenvalue weighted by molar-refractivity contribution is 7.20. The lowest BCUT2D eigenvalue weighted by atomic mass is 10.2. The fourth-order valence-electron chi connectivity index (χ4n) is 3.79. The Labute approximate surface area is 204 Å². The zero-order valence-corrected chi connectivity index (χ0v) is 20.4. The SMILES string of the molecule is Cc1nn(-c2ccccc2Cl)c2sc(C(=O)Nc3ccc4oc(=O)n(CCN(C)C)c4c3)cc12. The number of benzene rings is 2. The molecular weight excluding hydrogens is 474 g/mol. The number of oxazole rings is 1. The van der Waals surface area contributed by atoms with Gasteiger partial charge < -0.3 is 14.6 Å². The van der Waals surface area contributed by atoms with E-state index in [0.717, 1.165) is 21.6 Å². The van der Waals surface area contributed by atoms with Crippen molar-refractivity contribution in [3.05, 3.63) is 74.7 Å². The smallest absolute Gasteiger partial charge is 0.408 e. The van der Waals surface area contributed by atoms with Crippen molar-refractivity contribution in [2.24, 2.45) is 0 Å². The Morgan fingerprint density at radius 3 is 2.76 bits per heavy atom. The second kappa shape index (κ2) is 8.75. The number of para-hydroxylation sites is 1. The number of nitrogens with zero attached hydrogens (tertiary/aromatic N) is 4. The third kappa shape index (κ3) is 4.02. The number of hydrogen-bond donors (Lipinski definition) is 1. The lowest BCUT2D eigenvalue weighted by molar-refractivity contribution is 0.103. The number of amides is 1. The van der Waals surface area contributed by atoms with E-state index in [4.69, 9.17) is 16.0 Å². The number of carbonyl (C=O) groups excluding carboxylic acids is 1. The number of hydrogen-bond acceptors (Lipinski definition) is 6. The van der Waals surface area contributed by atoms with E-state index >= 15 is 0 Å². The zero-order valence-electron chi connectivity index (χ0n) is 18.8. The van der Waals surface area contributed by atoms with E-state index in [1.165, 1.54) is 11.3 Å². The number of aryl methyl sites for hydroxylation is 1. The molecule has 0 aliphatic carbocycles. The topological polar surface area (TPSA) is 85.3 Å². The Hall–Kier alpha value is -3.40. The molecule has 0 radical (unpaired) electrons. The molecule has 0 spiro atoms. The quantitative estimate of drug-likeness (QED) is 0.367. The van der Waals surface area contributed by atoms with Crippen LogP contribution < -0.4 is 11.1 Å². The maximum Gasteiger partial charge on any atom is 0.419 e. The summed E-state index contributed by atoms with van der Waals surface area (Å²) in [6.45, 7) is 3.09. The zero-order chi connectivity index (χ0) is 24.0. The van der Waals surface area contributed by atoms with E-state index in [9.17, 15) is 9.59 Å². The predicted octanol–water partition coefficient (Wildman–Crippen LogP) is 4.77. The van der Waals surface area contributed by atoms with Gasteiger partial charge in [0, 0.05) is 24.2 Å². The number of halogens is 1. The minimum Gasteiger partial charge on any atom is -0.408 e. The molecule has 0 aliphatic heterocycles. The molecule has 0 saturated carbocycles. The Bertz CT molecular complexity index is 1590. The van der Waals surface area contributed by atoms with Gasteiger partial charge in [0.25, 0.3) is 5.91 Å². The fraction of sp³-hybridized carbons (Fsp3) is 0.208. The van der Waals surface area contributed by atoms with Crippen molar-refractivity contribution in [3.8, 4) is 5.69 Å². The lowest BCUT2D eigenvalue weighted by Gasteiger charge is -2.09. The number of likely N-dealkylation sites (N-methyl/N-ethyl adjacent to an activating group) is 1. The summed E-state index contributed by atoms with van der Waals surface area (Å²) >= 11 is 7.73. The normalized spacial score (nSPS) is 11.7. The van der Waals surface area contributed by atoms with Gasteiger partial charge in [0.15, 0.2) is 5.58 Å². The van der Waals surface area contributed by atoms with Crippen LogP contribution in [0.4, 0.5) is 5.69 Å². The van der Waals surface area contributed by atoms with Crippen molar-refractivity contribution in [1.29, 1.82) is 0 Å². The van der Waals surface area contributed by atoms with Gasteiger partial charge in [-0.2, -0.15) is 5.10 Å². The van der Waals surface area contributed by atoms with Gasteiger partial charge in [0.2, 0.25) is 0 Å². The highest BCUT2D eigenvalue weighted by Crippen LogP contribution is 2.33. The van der Waals surface area contributed by atoms with Gasteiger partial charge in [-0.25, -0.2) is 9.48 Å². The first kappa shape index (κ1) is 22.4. The number of anilines is 1. The second-order valence-electron chi connectivity index (χ2n) is 8.24. The van der Waals surface area contributed by atoms with Crippen molar-refractivity contribution < 1.29 is 9.21 Å². The van der Waals surface area contributed by atoms with Crippen molar-refractivity contribution in [1.82, 2.24) is 19.2 Å². The van der Waals surface area contributed by atoms with Crippen molar-refractivity contribution in [2.45, 2.75) is 13.5 Å². The maximum absolute atomic E-state index is 13.1. The summed E-state index contributed by atoms with van der Waals surface area (Å²) in [5, 5.41) is 9.03. The van der Waals surface area contributed by atoms with Gasteiger partial charge in [-0.15, -0.1) is 11.3 Å². The summed E-state index contributed by atoms with van der Waals surface area (Å²) in [7, 11) is 3.88. The van der Waals surface area contributed by atoms with E-state index in [-0.39, 0.29) is 5.91 Å². The van der Waals surface area contributed by atoms with Crippen LogP contribution in [0.2, 0.25) is 5.02 Å². The molecule has 2 aromatic carbocycles.